The molecule has 0 spiro atoms. The molecule has 1 heterocycles. The van der Waals surface area contributed by atoms with Crippen molar-refractivity contribution in [2.24, 2.45) is 11.7 Å². The number of nitrogens with zero attached hydrogens (tertiary/aromatic N) is 1. The lowest BCUT2D eigenvalue weighted by atomic mass is 10.0. The van der Waals surface area contributed by atoms with Gasteiger partial charge in [-0.1, -0.05) is 17.7 Å². The number of hydrogen-bond donors (Lipinski definition) is 1. The van der Waals surface area contributed by atoms with Gasteiger partial charge in [-0.25, -0.2) is 4.39 Å². The third-order valence-corrected chi connectivity index (χ3v) is 4.06. The zero-order valence-electron chi connectivity index (χ0n) is 10.9. The summed E-state index contributed by atoms with van der Waals surface area (Å²) in [7, 11) is 0. The van der Waals surface area contributed by atoms with E-state index in [1.165, 1.54) is 12.1 Å². The molecule has 104 valence electrons. The van der Waals surface area contributed by atoms with Crippen molar-refractivity contribution >= 4 is 17.5 Å². The second-order valence-corrected chi connectivity index (χ2v) is 5.53. The first kappa shape index (κ1) is 14.3. The average molecular weight is 285 g/mol. The fourth-order valence-electron chi connectivity index (χ4n) is 2.41. The first-order chi connectivity index (χ1) is 8.99. The first-order valence-corrected chi connectivity index (χ1v) is 6.83. The number of nitrogens with two attached hydrogens (primary N) is 1. The lowest BCUT2D eigenvalue weighted by molar-refractivity contribution is -0.129. The standard InChI is InChI=1S/C14H18ClFN2O/c1-9(17)10-5-6-18(8-10)14(19)7-11-12(15)3-2-4-13(11)16/h2-4,9-10H,5-8,17H2,1H3. The molecule has 2 rings (SSSR count). The maximum Gasteiger partial charge on any atom is 0.227 e. The molecule has 0 saturated carbocycles. The minimum Gasteiger partial charge on any atom is -0.342 e. The highest BCUT2D eigenvalue weighted by molar-refractivity contribution is 6.31. The molecule has 1 saturated heterocycles. The first-order valence-electron chi connectivity index (χ1n) is 6.45. The number of carbonyl (C=O) groups is 1. The molecule has 0 aromatic heterocycles. The van der Waals surface area contributed by atoms with Crippen LogP contribution in [0.4, 0.5) is 4.39 Å². The lowest BCUT2D eigenvalue weighted by Gasteiger charge is -2.18. The number of halogens is 2. The zero-order valence-corrected chi connectivity index (χ0v) is 11.7. The van der Waals surface area contributed by atoms with Gasteiger partial charge in [-0.3, -0.25) is 4.79 Å². The van der Waals surface area contributed by atoms with Gasteiger partial charge in [0.1, 0.15) is 5.82 Å². The summed E-state index contributed by atoms with van der Waals surface area (Å²) in [5.41, 5.74) is 6.12. The molecule has 0 bridgehead atoms. The predicted molar refractivity (Wildman–Crippen MR) is 73.5 cm³/mol. The lowest BCUT2D eigenvalue weighted by Crippen LogP contribution is -2.34. The van der Waals surface area contributed by atoms with Gasteiger partial charge >= 0.3 is 0 Å². The molecule has 2 N–H and O–H groups in total. The summed E-state index contributed by atoms with van der Waals surface area (Å²) in [4.78, 5) is 13.9. The third-order valence-electron chi connectivity index (χ3n) is 3.71. The monoisotopic (exact) mass is 284 g/mol. The van der Waals surface area contributed by atoms with E-state index in [4.69, 9.17) is 17.3 Å². The Morgan fingerprint density at radius 2 is 2.37 bits per heavy atom. The number of likely N-dealkylation sites (tertiary alicyclic amines) is 1. The van der Waals surface area contributed by atoms with Crippen molar-refractivity contribution < 1.29 is 9.18 Å². The molecule has 0 radical (unpaired) electrons. The van der Waals surface area contributed by atoms with Crippen molar-refractivity contribution in [2.45, 2.75) is 25.8 Å². The fraction of sp³-hybridized carbons (Fsp3) is 0.500. The van der Waals surface area contributed by atoms with Crippen molar-refractivity contribution in [3.63, 3.8) is 0 Å². The van der Waals surface area contributed by atoms with Gasteiger partial charge in [0.2, 0.25) is 5.91 Å². The summed E-state index contributed by atoms with van der Waals surface area (Å²) in [5, 5.41) is 0.302. The van der Waals surface area contributed by atoms with Crippen LogP contribution in [0.2, 0.25) is 5.02 Å². The average Bonchev–Trinajstić information content (AvgIpc) is 2.83. The molecule has 3 nitrogen and oxygen atoms in total. The summed E-state index contributed by atoms with van der Waals surface area (Å²) in [5.74, 6) is -0.181. The highest BCUT2D eigenvalue weighted by Gasteiger charge is 2.28. The van der Waals surface area contributed by atoms with Crippen molar-refractivity contribution in [3.8, 4) is 0 Å². The summed E-state index contributed by atoms with van der Waals surface area (Å²) in [6.07, 6.45) is 0.922. The Morgan fingerprint density at radius 3 is 2.95 bits per heavy atom. The molecule has 1 amide bonds. The van der Waals surface area contributed by atoms with Gasteiger partial charge < -0.3 is 10.6 Å². The smallest absolute Gasteiger partial charge is 0.227 e. The molecule has 1 aromatic rings. The van der Waals surface area contributed by atoms with E-state index in [9.17, 15) is 9.18 Å². The van der Waals surface area contributed by atoms with Crippen LogP contribution in [0, 0.1) is 11.7 Å². The Hall–Kier alpha value is -1.13. The van der Waals surface area contributed by atoms with E-state index in [2.05, 4.69) is 0 Å². The molecular weight excluding hydrogens is 267 g/mol. The summed E-state index contributed by atoms with van der Waals surface area (Å²) in [6, 6.07) is 4.54. The van der Waals surface area contributed by atoms with Gasteiger partial charge in [0.05, 0.1) is 6.42 Å². The molecule has 2 atom stereocenters. The van der Waals surface area contributed by atoms with Crippen molar-refractivity contribution in [1.29, 1.82) is 0 Å². The van der Waals surface area contributed by atoms with E-state index in [0.717, 1.165) is 6.42 Å². The van der Waals surface area contributed by atoms with Crippen LogP contribution >= 0.6 is 11.6 Å². The van der Waals surface area contributed by atoms with Gasteiger partial charge in [-0.15, -0.1) is 0 Å². The molecular formula is C14H18ClFN2O. The maximum atomic E-state index is 13.6. The van der Waals surface area contributed by atoms with Crippen LogP contribution in [0.25, 0.3) is 0 Å². The van der Waals surface area contributed by atoms with Gasteiger partial charge in [-0.05, 0) is 31.4 Å². The molecule has 1 aliphatic rings. The summed E-state index contributed by atoms with van der Waals surface area (Å²) in [6.45, 7) is 3.30. The van der Waals surface area contributed by atoms with Crippen molar-refractivity contribution in [2.75, 3.05) is 13.1 Å². The van der Waals surface area contributed by atoms with Crippen LogP contribution in [0.5, 0.6) is 0 Å². The van der Waals surface area contributed by atoms with E-state index in [1.807, 2.05) is 6.92 Å². The molecule has 19 heavy (non-hydrogen) atoms. The Balaban J connectivity index is 2.02. The highest BCUT2D eigenvalue weighted by atomic mass is 35.5. The number of benzene rings is 1. The van der Waals surface area contributed by atoms with Gasteiger partial charge in [0.25, 0.3) is 0 Å². The molecule has 0 aliphatic carbocycles. The van der Waals surface area contributed by atoms with Crippen LogP contribution < -0.4 is 5.73 Å². The third kappa shape index (κ3) is 3.25. The van der Waals surface area contributed by atoms with Crippen LogP contribution in [0.1, 0.15) is 18.9 Å². The molecule has 1 aromatic carbocycles. The normalized spacial score (nSPS) is 20.6. The van der Waals surface area contributed by atoms with Crippen molar-refractivity contribution in [1.82, 2.24) is 4.90 Å². The van der Waals surface area contributed by atoms with E-state index in [-0.39, 0.29) is 23.9 Å². The molecule has 5 heteroatoms. The second kappa shape index (κ2) is 5.88. The molecule has 1 fully saturated rings. The maximum absolute atomic E-state index is 13.6. The van der Waals surface area contributed by atoms with Crippen molar-refractivity contribution in [3.05, 3.63) is 34.6 Å². The van der Waals surface area contributed by atoms with Crippen LogP contribution in [-0.4, -0.2) is 29.9 Å². The number of rotatable bonds is 3. The number of amides is 1. The van der Waals surface area contributed by atoms with E-state index >= 15 is 0 Å². The number of hydrogen-bond acceptors (Lipinski definition) is 2. The van der Waals surface area contributed by atoms with Crippen LogP contribution in [0.15, 0.2) is 18.2 Å². The fourth-order valence-corrected chi connectivity index (χ4v) is 2.64. The van der Waals surface area contributed by atoms with E-state index in [1.54, 1.807) is 11.0 Å². The Labute approximate surface area is 117 Å². The second-order valence-electron chi connectivity index (χ2n) is 5.12. The topological polar surface area (TPSA) is 46.3 Å². The SMILES string of the molecule is CC(N)C1CCN(C(=O)Cc2c(F)cccc2Cl)C1. The van der Waals surface area contributed by atoms with Gasteiger partial charge in [-0.2, -0.15) is 0 Å². The Morgan fingerprint density at radius 1 is 1.63 bits per heavy atom. The van der Waals surface area contributed by atoms with Crippen LogP contribution in [-0.2, 0) is 11.2 Å². The minimum absolute atomic E-state index is 0.0111. The van der Waals surface area contributed by atoms with E-state index < -0.39 is 5.82 Å². The Bertz CT molecular complexity index is 458. The minimum atomic E-state index is -0.427. The van der Waals surface area contributed by atoms with Crippen LogP contribution in [0.3, 0.4) is 0 Å². The summed E-state index contributed by atoms with van der Waals surface area (Å²) < 4.78 is 13.6. The zero-order chi connectivity index (χ0) is 14.0. The predicted octanol–water partition coefficient (Wildman–Crippen LogP) is 2.22. The molecule has 1 aliphatic heterocycles. The summed E-state index contributed by atoms with van der Waals surface area (Å²) >= 11 is 5.93. The van der Waals surface area contributed by atoms with Gasteiger partial charge in [0.15, 0.2) is 0 Å². The highest BCUT2D eigenvalue weighted by Crippen LogP contribution is 2.23. The van der Waals surface area contributed by atoms with E-state index in [0.29, 0.717) is 24.0 Å². The van der Waals surface area contributed by atoms with Gasteiger partial charge in [0, 0.05) is 29.7 Å². The Kier molecular flexibility index (Phi) is 4.42. The quantitative estimate of drug-likeness (QED) is 0.925. The largest absolute Gasteiger partial charge is 0.342 e. The number of carbonyl (C=O) groups excluding carboxylic acids is 1. The molecule has 2 unspecified atom stereocenters.